The molecule has 132 valence electrons. The van der Waals surface area contributed by atoms with E-state index in [1.807, 2.05) is 0 Å². The van der Waals surface area contributed by atoms with Gasteiger partial charge in [-0.05, 0) is 0 Å². The molecule has 1 aliphatic heterocycles. The third-order valence-corrected chi connectivity index (χ3v) is 3.81. The van der Waals surface area contributed by atoms with Gasteiger partial charge in [0, 0.05) is 19.1 Å². The van der Waals surface area contributed by atoms with Crippen LogP contribution in [0.1, 0.15) is 12.0 Å². The lowest BCUT2D eigenvalue weighted by Gasteiger charge is -2.34. The van der Waals surface area contributed by atoms with Crippen LogP contribution in [-0.4, -0.2) is 49.0 Å². The van der Waals surface area contributed by atoms with E-state index in [0.717, 1.165) is 19.2 Å². The van der Waals surface area contributed by atoms with Gasteiger partial charge < -0.3 is 19.9 Å². The van der Waals surface area contributed by atoms with E-state index < -0.39 is 35.8 Å². The third-order valence-electron chi connectivity index (χ3n) is 3.81. The highest BCUT2D eigenvalue weighted by atomic mass is 19.4. The van der Waals surface area contributed by atoms with Gasteiger partial charge in [-0.3, -0.25) is 4.79 Å². The second-order valence-electron chi connectivity index (χ2n) is 5.32. The van der Waals surface area contributed by atoms with Crippen LogP contribution in [0.25, 0.3) is 0 Å². The molecule has 0 aromatic heterocycles. The van der Waals surface area contributed by atoms with E-state index in [2.05, 4.69) is 10.1 Å². The summed E-state index contributed by atoms with van der Waals surface area (Å²) in [7, 11) is 0.797. The Bertz CT molecular complexity index is 607. The van der Waals surface area contributed by atoms with Gasteiger partial charge >= 0.3 is 12.1 Å². The molecule has 1 unspecified atom stereocenters. The van der Waals surface area contributed by atoms with Crippen molar-refractivity contribution < 1.29 is 37.3 Å². The molecule has 2 N–H and O–H groups in total. The fraction of sp³-hybridized carbons (Fsp3) is 0.467. The Morgan fingerprint density at radius 2 is 1.92 bits per heavy atom. The highest BCUT2D eigenvalue weighted by Gasteiger charge is 2.63. The van der Waals surface area contributed by atoms with Gasteiger partial charge in [0.2, 0.25) is 0 Å². The number of amides is 1. The topological polar surface area (TPSA) is 84.9 Å². The molecule has 24 heavy (non-hydrogen) atoms. The second-order valence-corrected chi connectivity index (χ2v) is 5.32. The Morgan fingerprint density at radius 3 is 2.38 bits per heavy atom. The van der Waals surface area contributed by atoms with Crippen LogP contribution in [0.15, 0.2) is 30.3 Å². The van der Waals surface area contributed by atoms with Gasteiger partial charge in [0.15, 0.2) is 6.10 Å². The number of benzene rings is 1. The number of nitrogens with one attached hydrogen (secondary N) is 1. The number of carbonyl (C=O) groups is 2. The molecule has 0 spiro atoms. The summed E-state index contributed by atoms with van der Waals surface area (Å²) < 4.78 is 50.6. The number of hydrogen-bond donors (Lipinski definition) is 2. The van der Waals surface area contributed by atoms with Crippen molar-refractivity contribution in [2.24, 2.45) is 0 Å². The number of carboxylic acids is 1. The average molecular weight is 347 g/mol. The number of ether oxygens (including phenoxy) is 2. The highest BCUT2D eigenvalue weighted by Crippen LogP contribution is 2.42. The molecule has 1 aliphatic rings. The Kier molecular flexibility index (Phi) is 5.14. The molecule has 0 bridgehead atoms. The van der Waals surface area contributed by atoms with Crippen molar-refractivity contribution in [1.29, 1.82) is 0 Å². The highest BCUT2D eigenvalue weighted by molar-refractivity contribution is 5.88. The maximum absolute atomic E-state index is 13.7. The maximum Gasteiger partial charge on any atom is 0.430 e. The predicted octanol–water partition coefficient (Wildman–Crippen LogP) is 1.45. The number of carboxylic acid groups (broad SMARTS) is 1. The van der Waals surface area contributed by atoms with E-state index in [4.69, 9.17) is 9.84 Å². The molecule has 1 aromatic carbocycles. The van der Waals surface area contributed by atoms with Crippen molar-refractivity contribution in [3.63, 3.8) is 0 Å². The summed E-state index contributed by atoms with van der Waals surface area (Å²) in [5.41, 5.74) is -3.55. The lowest BCUT2D eigenvalue weighted by molar-refractivity contribution is -0.266. The number of alkyl halides is 3. The van der Waals surface area contributed by atoms with Crippen molar-refractivity contribution >= 4 is 11.9 Å². The van der Waals surface area contributed by atoms with E-state index >= 15 is 0 Å². The minimum Gasteiger partial charge on any atom is -0.479 e. The first kappa shape index (κ1) is 18.2. The number of rotatable bonds is 5. The molecule has 1 amide bonds. The largest absolute Gasteiger partial charge is 0.479 e. The lowest BCUT2D eigenvalue weighted by Crippen LogP contribution is -2.57. The van der Waals surface area contributed by atoms with Gasteiger partial charge in [-0.1, -0.05) is 30.3 Å². The van der Waals surface area contributed by atoms with Gasteiger partial charge in [0.25, 0.3) is 11.5 Å². The van der Waals surface area contributed by atoms with Crippen LogP contribution in [0.5, 0.6) is 0 Å². The minimum atomic E-state index is -5.02. The number of halogens is 3. The summed E-state index contributed by atoms with van der Waals surface area (Å²) in [6.07, 6.45) is -6.29. The van der Waals surface area contributed by atoms with E-state index in [1.165, 1.54) is 18.2 Å². The molecule has 0 aliphatic carbocycles. The molecule has 1 fully saturated rings. The van der Waals surface area contributed by atoms with Crippen LogP contribution in [0.2, 0.25) is 0 Å². The van der Waals surface area contributed by atoms with Crippen LogP contribution >= 0.6 is 0 Å². The number of carbonyl (C=O) groups excluding carboxylic acids is 1. The first-order chi connectivity index (χ1) is 11.2. The molecule has 1 heterocycles. The number of aliphatic carboxylic acids is 1. The Balaban J connectivity index is 2.28. The molecule has 9 heteroatoms. The minimum absolute atomic E-state index is 0.118. The Labute approximate surface area is 135 Å². The summed E-state index contributed by atoms with van der Waals surface area (Å²) in [6, 6.07) is 5.67. The third kappa shape index (κ3) is 3.22. The molecule has 1 aromatic rings. The molecular formula is C15H16F3NO5. The second kappa shape index (κ2) is 6.78. The Morgan fingerprint density at radius 1 is 1.29 bits per heavy atom. The summed E-state index contributed by atoms with van der Waals surface area (Å²) in [5.74, 6) is -2.65. The fourth-order valence-electron chi connectivity index (χ4n) is 2.61. The van der Waals surface area contributed by atoms with Gasteiger partial charge in [-0.25, -0.2) is 4.79 Å². The summed E-state index contributed by atoms with van der Waals surface area (Å²) >= 11 is 0. The van der Waals surface area contributed by atoms with Crippen LogP contribution in [-0.2, 0) is 24.7 Å². The van der Waals surface area contributed by atoms with Crippen molar-refractivity contribution in [2.45, 2.75) is 30.3 Å². The molecule has 0 saturated carbocycles. The van der Waals surface area contributed by atoms with Crippen molar-refractivity contribution in [1.82, 2.24) is 5.32 Å². The zero-order chi connectivity index (χ0) is 18.0. The first-order valence-corrected chi connectivity index (χ1v) is 7.05. The zero-order valence-electron chi connectivity index (χ0n) is 12.7. The molecule has 6 nitrogen and oxygen atoms in total. The van der Waals surface area contributed by atoms with Crippen molar-refractivity contribution in [3.05, 3.63) is 35.9 Å². The van der Waals surface area contributed by atoms with Gasteiger partial charge in [0.1, 0.15) is 0 Å². The predicted molar refractivity (Wildman–Crippen MR) is 75.1 cm³/mol. The van der Waals surface area contributed by atoms with Crippen LogP contribution in [0.4, 0.5) is 13.2 Å². The first-order valence-electron chi connectivity index (χ1n) is 7.05. The maximum atomic E-state index is 13.7. The summed E-state index contributed by atoms with van der Waals surface area (Å²) in [4.78, 5) is 23.2. The fourth-order valence-corrected chi connectivity index (χ4v) is 2.61. The van der Waals surface area contributed by atoms with Crippen LogP contribution in [0.3, 0.4) is 0 Å². The van der Waals surface area contributed by atoms with Crippen molar-refractivity contribution in [3.8, 4) is 0 Å². The molecule has 2 rings (SSSR count). The van der Waals surface area contributed by atoms with Gasteiger partial charge in [-0.15, -0.1) is 0 Å². The average Bonchev–Trinajstić information content (AvgIpc) is 2.97. The zero-order valence-corrected chi connectivity index (χ0v) is 12.7. The van der Waals surface area contributed by atoms with Crippen LogP contribution < -0.4 is 5.32 Å². The molecular weight excluding hydrogens is 331 g/mol. The van der Waals surface area contributed by atoms with Gasteiger partial charge in [0.05, 0.1) is 12.6 Å². The van der Waals surface area contributed by atoms with E-state index in [-0.39, 0.29) is 18.6 Å². The number of methoxy groups -OCH3 is 1. The smallest absolute Gasteiger partial charge is 0.430 e. The van der Waals surface area contributed by atoms with E-state index in [0.29, 0.717) is 0 Å². The quantitative estimate of drug-likeness (QED) is 0.842. The molecule has 1 saturated heterocycles. The van der Waals surface area contributed by atoms with E-state index in [9.17, 15) is 22.8 Å². The molecule has 0 radical (unpaired) electrons. The number of hydrogen-bond acceptors (Lipinski definition) is 4. The molecule has 3 atom stereocenters. The van der Waals surface area contributed by atoms with Gasteiger partial charge in [-0.2, -0.15) is 13.2 Å². The lowest BCUT2D eigenvalue weighted by atomic mass is 9.91. The summed E-state index contributed by atoms with van der Waals surface area (Å²) in [6.45, 7) is -0.185. The summed E-state index contributed by atoms with van der Waals surface area (Å²) in [5, 5.41) is 11.0. The Hall–Kier alpha value is -2.13. The van der Waals surface area contributed by atoms with E-state index in [1.54, 1.807) is 0 Å². The SMILES string of the molecule is COC(C(=O)N[C@H]1CO[C@@H](C(=O)O)C1)(c1ccccc1)C(F)(F)F. The van der Waals surface area contributed by atoms with Crippen LogP contribution in [0, 0.1) is 0 Å². The standard InChI is InChI=1S/C15H16F3NO5/c1-23-14(15(16,17)18,9-5-3-2-4-6-9)13(22)19-10-7-11(12(20)21)24-8-10/h2-6,10-11H,7-8H2,1H3,(H,19,22)(H,20,21)/t10-,11-,14?/m1/s1. The normalized spacial score (nSPS) is 23.5. The van der Waals surface area contributed by atoms with Crippen molar-refractivity contribution in [2.75, 3.05) is 13.7 Å². The monoisotopic (exact) mass is 347 g/mol.